The average Bonchev–Trinajstić information content (AvgIpc) is 1.90. The molecule has 0 aliphatic carbocycles. The highest BCUT2D eigenvalue weighted by molar-refractivity contribution is 7.99. The van der Waals surface area contributed by atoms with Crippen LogP contribution in [0.4, 0.5) is 0 Å². The van der Waals surface area contributed by atoms with Gasteiger partial charge in [0.2, 0.25) is 0 Å². The van der Waals surface area contributed by atoms with Crippen LogP contribution in [0, 0.1) is 11.3 Å². The SMILES string of the molecule is N#CC1CSCCO1. The summed E-state index contributed by atoms with van der Waals surface area (Å²) in [7, 11) is 0. The molecule has 3 heteroatoms. The van der Waals surface area contributed by atoms with Gasteiger partial charge < -0.3 is 4.74 Å². The highest BCUT2D eigenvalue weighted by Crippen LogP contribution is 2.10. The third-order valence-corrected chi connectivity index (χ3v) is 1.95. The van der Waals surface area contributed by atoms with Crippen LogP contribution in [0.1, 0.15) is 0 Å². The van der Waals surface area contributed by atoms with Gasteiger partial charge in [-0.1, -0.05) is 0 Å². The van der Waals surface area contributed by atoms with Crippen molar-refractivity contribution in [1.29, 1.82) is 5.26 Å². The molecule has 44 valence electrons. The Kier molecular flexibility index (Phi) is 2.19. The molecular formula is C5H7NOS. The molecular weight excluding hydrogens is 122 g/mol. The minimum absolute atomic E-state index is 0.145. The topological polar surface area (TPSA) is 33.0 Å². The normalized spacial score (nSPS) is 29.1. The lowest BCUT2D eigenvalue weighted by atomic mass is 10.4. The van der Waals surface area contributed by atoms with Gasteiger partial charge in [0, 0.05) is 11.5 Å². The fourth-order valence-corrected chi connectivity index (χ4v) is 1.33. The van der Waals surface area contributed by atoms with E-state index in [0.717, 1.165) is 18.1 Å². The zero-order chi connectivity index (χ0) is 5.82. The van der Waals surface area contributed by atoms with E-state index in [4.69, 9.17) is 10.00 Å². The molecule has 1 aliphatic heterocycles. The summed E-state index contributed by atoms with van der Waals surface area (Å²) in [6, 6.07) is 2.06. The maximum absolute atomic E-state index is 8.30. The summed E-state index contributed by atoms with van der Waals surface area (Å²) in [5.74, 6) is 1.88. The largest absolute Gasteiger partial charge is 0.362 e. The van der Waals surface area contributed by atoms with E-state index in [0.29, 0.717) is 0 Å². The number of ether oxygens (including phenoxy) is 1. The zero-order valence-corrected chi connectivity index (χ0v) is 5.28. The first kappa shape index (κ1) is 5.93. The Morgan fingerprint density at radius 2 is 2.62 bits per heavy atom. The maximum Gasteiger partial charge on any atom is 0.152 e. The van der Waals surface area contributed by atoms with Crippen molar-refractivity contribution in [3.63, 3.8) is 0 Å². The number of nitriles is 1. The van der Waals surface area contributed by atoms with Crippen LogP contribution in [0.3, 0.4) is 0 Å². The van der Waals surface area contributed by atoms with E-state index < -0.39 is 0 Å². The Balaban J connectivity index is 2.25. The molecule has 0 bridgehead atoms. The number of nitrogens with zero attached hydrogens (tertiary/aromatic N) is 1. The van der Waals surface area contributed by atoms with Gasteiger partial charge in [0.15, 0.2) is 6.10 Å². The predicted octanol–water partition coefficient (Wildman–Crippen LogP) is 0.642. The van der Waals surface area contributed by atoms with Crippen molar-refractivity contribution >= 4 is 11.8 Å². The molecule has 0 amide bonds. The first-order chi connectivity index (χ1) is 3.93. The Morgan fingerprint density at radius 1 is 1.75 bits per heavy atom. The summed E-state index contributed by atoms with van der Waals surface area (Å²) in [5.41, 5.74) is 0. The summed E-state index contributed by atoms with van der Waals surface area (Å²) in [5, 5.41) is 8.30. The van der Waals surface area contributed by atoms with Gasteiger partial charge >= 0.3 is 0 Å². The van der Waals surface area contributed by atoms with Gasteiger partial charge in [0.05, 0.1) is 12.7 Å². The highest BCUT2D eigenvalue weighted by Gasteiger charge is 2.11. The molecule has 1 unspecified atom stereocenters. The highest BCUT2D eigenvalue weighted by atomic mass is 32.2. The Hall–Kier alpha value is -0.200. The standard InChI is InChI=1S/C5H7NOS/c6-3-5-4-8-2-1-7-5/h5H,1-2,4H2. The third kappa shape index (κ3) is 1.39. The van der Waals surface area contributed by atoms with E-state index in [1.165, 1.54) is 0 Å². The van der Waals surface area contributed by atoms with E-state index in [-0.39, 0.29) is 6.10 Å². The second-order valence-electron chi connectivity index (χ2n) is 1.56. The molecule has 8 heavy (non-hydrogen) atoms. The molecule has 0 saturated carbocycles. The van der Waals surface area contributed by atoms with Gasteiger partial charge in [-0.2, -0.15) is 17.0 Å². The summed E-state index contributed by atoms with van der Waals surface area (Å²) in [6.45, 7) is 0.739. The lowest BCUT2D eigenvalue weighted by Gasteiger charge is -2.14. The number of hydrogen-bond acceptors (Lipinski definition) is 3. The molecule has 0 aromatic rings. The molecule has 0 radical (unpaired) electrons. The van der Waals surface area contributed by atoms with Gasteiger partial charge in [-0.3, -0.25) is 0 Å². The summed E-state index contributed by atoms with van der Waals surface area (Å²) < 4.78 is 5.05. The Morgan fingerprint density at radius 3 is 3.00 bits per heavy atom. The molecule has 0 spiro atoms. The van der Waals surface area contributed by atoms with Gasteiger partial charge in [-0.15, -0.1) is 0 Å². The summed E-state index contributed by atoms with van der Waals surface area (Å²) >= 11 is 1.78. The van der Waals surface area contributed by atoms with Gasteiger partial charge in [0.25, 0.3) is 0 Å². The average molecular weight is 129 g/mol. The van der Waals surface area contributed by atoms with Crippen molar-refractivity contribution in [2.24, 2.45) is 0 Å². The first-order valence-corrected chi connectivity index (χ1v) is 3.68. The molecule has 1 fully saturated rings. The van der Waals surface area contributed by atoms with Crippen LogP contribution in [0.15, 0.2) is 0 Å². The van der Waals surface area contributed by atoms with E-state index in [1.807, 2.05) is 0 Å². The fraction of sp³-hybridized carbons (Fsp3) is 0.800. The molecule has 0 N–H and O–H groups in total. The number of hydrogen-bond donors (Lipinski definition) is 0. The Bertz CT molecular complexity index is 103. The monoisotopic (exact) mass is 129 g/mol. The second-order valence-corrected chi connectivity index (χ2v) is 2.71. The number of rotatable bonds is 0. The van der Waals surface area contributed by atoms with E-state index in [9.17, 15) is 0 Å². The van der Waals surface area contributed by atoms with E-state index in [2.05, 4.69) is 6.07 Å². The van der Waals surface area contributed by atoms with Crippen LogP contribution >= 0.6 is 11.8 Å². The van der Waals surface area contributed by atoms with Crippen LogP contribution in [0.25, 0.3) is 0 Å². The van der Waals surface area contributed by atoms with Crippen molar-refractivity contribution in [2.75, 3.05) is 18.1 Å². The van der Waals surface area contributed by atoms with E-state index >= 15 is 0 Å². The number of thioether (sulfide) groups is 1. The molecule has 0 aromatic heterocycles. The smallest absolute Gasteiger partial charge is 0.152 e. The van der Waals surface area contributed by atoms with Crippen LogP contribution in [0.5, 0.6) is 0 Å². The van der Waals surface area contributed by atoms with E-state index in [1.54, 1.807) is 11.8 Å². The van der Waals surface area contributed by atoms with Crippen LogP contribution in [-0.4, -0.2) is 24.2 Å². The lowest BCUT2D eigenvalue weighted by molar-refractivity contribution is 0.113. The van der Waals surface area contributed by atoms with Crippen LogP contribution < -0.4 is 0 Å². The van der Waals surface area contributed by atoms with Crippen LogP contribution in [0.2, 0.25) is 0 Å². The van der Waals surface area contributed by atoms with Gasteiger partial charge in [-0.25, -0.2) is 0 Å². The van der Waals surface area contributed by atoms with Gasteiger partial charge in [-0.05, 0) is 0 Å². The molecule has 1 saturated heterocycles. The van der Waals surface area contributed by atoms with Crippen molar-refractivity contribution in [2.45, 2.75) is 6.10 Å². The lowest BCUT2D eigenvalue weighted by Crippen LogP contribution is -2.20. The third-order valence-electron chi connectivity index (χ3n) is 0.960. The van der Waals surface area contributed by atoms with Crippen molar-refractivity contribution in [3.05, 3.63) is 0 Å². The molecule has 1 atom stereocenters. The van der Waals surface area contributed by atoms with Crippen LogP contribution in [-0.2, 0) is 4.74 Å². The minimum atomic E-state index is -0.145. The van der Waals surface area contributed by atoms with Gasteiger partial charge in [0.1, 0.15) is 0 Å². The first-order valence-electron chi connectivity index (χ1n) is 2.52. The summed E-state index contributed by atoms with van der Waals surface area (Å²) in [6.07, 6.45) is -0.145. The summed E-state index contributed by atoms with van der Waals surface area (Å²) in [4.78, 5) is 0. The Labute approximate surface area is 52.8 Å². The zero-order valence-electron chi connectivity index (χ0n) is 4.46. The quantitative estimate of drug-likeness (QED) is 0.481. The molecule has 1 heterocycles. The van der Waals surface area contributed by atoms with Crippen molar-refractivity contribution < 1.29 is 4.74 Å². The predicted molar refractivity (Wildman–Crippen MR) is 32.7 cm³/mol. The molecule has 1 rings (SSSR count). The maximum atomic E-state index is 8.30. The molecule has 1 aliphatic rings. The minimum Gasteiger partial charge on any atom is -0.362 e. The van der Waals surface area contributed by atoms with Crippen molar-refractivity contribution in [1.82, 2.24) is 0 Å². The second kappa shape index (κ2) is 2.95. The molecule has 2 nitrogen and oxygen atoms in total. The van der Waals surface area contributed by atoms with Crippen molar-refractivity contribution in [3.8, 4) is 6.07 Å². The molecule has 0 aromatic carbocycles. The fourth-order valence-electron chi connectivity index (χ4n) is 0.562.